The van der Waals surface area contributed by atoms with Gasteiger partial charge in [-0.2, -0.15) is 0 Å². The Balaban J connectivity index is 1.83. The number of amides is 2. The molecule has 0 spiro atoms. The fraction of sp³-hybridized carbons (Fsp3) is 0.737. The molecule has 1 fully saturated rings. The maximum Gasteiger partial charge on any atom is 0.245 e. The fourth-order valence-electron chi connectivity index (χ4n) is 3.07. The SMILES string of the molecule is CCCCCC(=O)N(CCCN1CCOCC1)CC(=O)Nc1cc(C)on1. The third-order valence-corrected chi connectivity index (χ3v) is 4.58. The molecular formula is C19H32N4O4. The van der Waals surface area contributed by atoms with Crippen LogP contribution in [0.15, 0.2) is 10.6 Å². The third kappa shape index (κ3) is 8.09. The number of aromatic nitrogens is 1. The molecule has 0 radical (unpaired) electrons. The van der Waals surface area contributed by atoms with E-state index in [1.807, 2.05) is 0 Å². The van der Waals surface area contributed by atoms with E-state index in [0.29, 0.717) is 24.5 Å². The first-order valence-corrected chi connectivity index (χ1v) is 9.89. The first-order valence-electron chi connectivity index (χ1n) is 9.89. The van der Waals surface area contributed by atoms with Crippen LogP contribution in [-0.2, 0) is 14.3 Å². The zero-order valence-electron chi connectivity index (χ0n) is 16.5. The van der Waals surface area contributed by atoms with Crippen molar-refractivity contribution in [3.05, 3.63) is 11.8 Å². The molecule has 0 atom stereocenters. The second-order valence-electron chi connectivity index (χ2n) is 6.95. The van der Waals surface area contributed by atoms with Crippen molar-refractivity contribution in [1.29, 1.82) is 0 Å². The van der Waals surface area contributed by atoms with Crippen molar-refractivity contribution >= 4 is 17.6 Å². The summed E-state index contributed by atoms with van der Waals surface area (Å²) in [7, 11) is 0. The molecule has 2 amide bonds. The Morgan fingerprint density at radius 2 is 2.04 bits per heavy atom. The van der Waals surface area contributed by atoms with Crippen molar-refractivity contribution < 1.29 is 18.8 Å². The van der Waals surface area contributed by atoms with Crippen molar-refractivity contribution in [3.8, 4) is 0 Å². The van der Waals surface area contributed by atoms with Crippen LogP contribution in [0.2, 0.25) is 0 Å². The summed E-state index contributed by atoms with van der Waals surface area (Å²) < 4.78 is 10.3. The van der Waals surface area contributed by atoms with Gasteiger partial charge in [-0.3, -0.25) is 14.5 Å². The second kappa shape index (κ2) is 11.7. The van der Waals surface area contributed by atoms with E-state index in [1.165, 1.54) is 0 Å². The topological polar surface area (TPSA) is 87.9 Å². The van der Waals surface area contributed by atoms with Gasteiger partial charge in [0.15, 0.2) is 5.82 Å². The minimum Gasteiger partial charge on any atom is -0.379 e. The van der Waals surface area contributed by atoms with Gasteiger partial charge in [-0.1, -0.05) is 24.9 Å². The van der Waals surface area contributed by atoms with Crippen LogP contribution >= 0.6 is 0 Å². The molecule has 0 bridgehead atoms. The van der Waals surface area contributed by atoms with Crippen LogP contribution in [0.4, 0.5) is 5.82 Å². The van der Waals surface area contributed by atoms with Crippen molar-refractivity contribution in [2.24, 2.45) is 0 Å². The van der Waals surface area contributed by atoms with E-state index in [4.69, 9.17) is 9.26 Å². The Hall–Kier alpha value is -1.93. The number of unbranched alkanes of at least 4 members (excludes halogenated alkanes) is 2. The van der Waals surface area contributed by atoms with Gasteiger partial charge in [0.1, 0.15) is 5.76 Å². The summed E-state index contributed by atoms with van der Waals surface area (Å²) in [5.41, 5.74) is 0. The van der Waals surface area contributed by atoms with Crippen LogP contribution in [0, 0.1) is 6.92 Å². The second-order valence-corrected chi connectivity index (χ2v) is 6.95. The van der Waals surface area contributed by atoms with Gasteiger partial charge in [0.2, 0.25) is 11.8 Å². The molecule has 1 saturated heterocycles. The van der Waals surface area contributed by atoms with Gasteiger partial charge in [-0.15, -0.1) is 0 Å². The van der Waals surface area contributed by atoms with Crippen molar-refractivity contribution in [2.45, 2.75) is 46.0 Å². The van der Waals surface area contributed by atoms with Crippen molar-refractivity contribution in [3.63, 3.8) is 0 Å². The van der Waals surface area contributed by atoms with Crippen molar-refractivity contribution in [2.75, 3.05) is 51.3 Å². The monoisotopic (exact) mass is 380 g/mol. The summed E-state index contributed by atoms with van der Waals surface area (Å²) in [5.74, 6) is 0.794. The fourth-order valence-corrected chi connectivity index (χ4v) is 3.07. The van der Waals surface area contributed by atoms with Gasteiger partial charge in [-0.25, -0.2) is 0 Å². The quantitative estimate of drug-likeness (QED) is 0.591. The van der Waals surface area contributed by atoms with Crippen LogP contribution in [-0.4, -0.2) is 72.7 Å². The van der Waals surface area contributed by atoms with E-state index < -0.39 is 0 Å². The van der Waals surface area contributed by atoms with Gasteiger partial charge in [0.05, 0.1) is 19.8 Å². The smallest absolute Gasteiger partial charge is 0.245 e. The predicted molar refractivity (Wildman–Crippen MR) is 102 cm³/mol. The first-order chi connectivity index (χ1) is 13.1. The number of rotatable bonds is 11. The van der Waals surface area contributed by atoms with Gasteiger partial charge in [0.25, 0.3) is 0 Å². The lowest BCUT2D eigenvalue weighted by molar-refractivity contribution is -0.135. The third-order valence-electron chi connectivity index (χ3n) is 4.58. The number of aryl methyl sites for hydroxylation is 1. The number of hydrogen-bond acceptors (Lipinski definition) is 6. The molecule has 0 aliphatic carbocycles. The summed E-state index contributed by atoms with van der Waals surface area (Å²) in [6, 6.07) is 1.66. The molecule has 1 aliphatic heterocycles. The van der Waals surface area contributed by atoms with E-state index in [-0.39, 0.29) is 18.4 Å². The Kier molecular flexibility index (Phi) is 9.27. The first kappa shape index (κ1) is 21.4. The van der Waals surface area contributed by atoms with Gasteiger partial charge < -0.3 is 19.5 Å². The summed E-state index contributed by atoms with van der Waals surface area (Å²) in [6.45, 7) is 8.78. The Morgan fingerprint density at radius 3 is 2.70 bits per heavy atom. The van der Waals surface area contributed by atoms with Crippen LogP contribution in [0.1, 0.15) is 44.8 Å². The van der Waals surface area contributed by atoms with Crippen LogP contribution in [0.5, 0.6) is 0 Å². The summed E-state index contributed by atoms with van der Waals surface area (Å²) in [4.78, 5) is 28.9. The molecule has 1 aliphatic rings. The summed E-state index contributed by atoms with van der Waals surface area (Å²) in [6.07, 6.45) is 4.28. The van der Waals surface area contributed by atoms with Gasteiger partial charge in [0, 0.05) is 38.7 Å². The van der Waals surface area contributed by atoms with Crippen molar-refractivity contribution in [1.82, 2.24) is 15.0 Å². The normalized spacial score (nSPS) is 14.9. The highest BCUT2D eigenvalue weighted by atomic mass is 16.5. The Bertz CT molecular complexity index is 584. The molecule has 1 aromatic heterocycles. The number of carbonyl (C=O) groups excluding carboxylic acids is 2. The molecule has 2 heterocycles. The summed E-state index contributed by atoms with van der Waals surface area (Å²) in [5, 5.41) is 6.45. The molecule has 8 heteroatoms. The van der Waals surface area contributed by atoms with Crippen LogP contribution < -0.4 is 5.32 Å². The number of hydrogen-bond donors (Lipinski definition) is 1. The standard InChI is InChI=1S/C19H32N4O4/c1-3-4-5-7-19(25)23(9-6-8-22-10-12-26-13-11-22)15-18(24)20-17-14-16(2)27-21-17/h14H,3-13,15H2,1-2H3,(H,20,21,24). The number of carbonyl (C=O) groups is 2. The molecule has 152 valence electrons. The average molecular weight is 380 g/mol. The minimum atomic E-state index is -0.251. The molecule has 1 N–H and O–H groups in total. The zero-order chi connectivity index (χ0) is 19.5. The van der Waals surface area contributed by atoms with E-state index in [2.05, 4.69) is 22.3 Å². The minimum absolute atomic E-state index is 0.0388. The average Bonchev–Trinajstić information content (AvgIpc) is 3.06. The van der Waals surface area contributed by atoms with Crippen LogP contribution in [0.3, 0.4) is 0 Å². The largest absolute Gasteiger partial charge is 0.379 e. The molecule has 1 aromatic rings. The van der Waals surface area contributed by atoms with Crippen LogP contribution in [0.25, 0.3) is 0 Å². The number of anilines is 1. The number of ether oxygens (including phenoxy) is 1. The number of nitrogens with zero attached hydrogens (tertiary/aromatic N) is 3. The molecule has 8 nitrogen and oxygen atoms in total. The lowest BCUT2D eigenvalue weighted by Crippen LogP contribution is -2.41. The molecule has 0 aromatic carbocycles. The van der Waals surface area contributed by atoms with E-state index in [9.17, 15) is 9.59 Å². The van der Waals surface area contributed by atoms with E-state index in [0.717, 1.165) is 58.5 Å². The molecular weight excluding hydrogens is 348 g/mol. The van der Waals surface area contributed by atoms with E-state index >= 15 is 0 Å². The van der Waals surface area contributed by atoms with Gasteiger partial charge >= 0.3 is 0 Å². The Morgan fingerprint density at radius 1 is 1.26 bits per heavy atom. The highest BCUT2D eigenvalue weighted by molar-refractivity contribution is 5.93. The highest BCUT2D eigenvalue weighted by Gasteiger charge is 2.18. The highest BCUT2D eigenvalue weighted by Crippen LogP contribution is 2.09. The number of nitrogens with one attached hydrogen (secondary N) is 1. The molecule has 27 heavy (non-hydrogen) atoms. The maximum absolute atomic E-state index is 12.6. The Labute approximate surface area is 161 Å². The maximum atomic E-state index is 12.6. The van der Waals surface area contributed by atoms with E-state index in [1.54, 1.807) is 17.9 Å². The predicted octanol–water partition coefficient (Wildman–Crippen LogP) is 2.05. The number of morpholine rings is 1. The van der Waals surface area contributed by atoms with Gasteiger partial charge in [-0.05, 0) is 19.8 Å². The molecule has 0 saturated carbocycles. The summed E-state index contributed by atoms with van der Waals surface area (Å²) >= 11 is 0. The lowest BCUT2D eigenvalue weighted by atomic mass is 10.2. The molecule has 2 rings (SSSR count). The zero-order valence-corrected chi connectivity index (χ0v) is 16.5. The molecule has 0 unspecified atom stereocenters. The lowest BCUT2D eigenvalue weighted by Gasteiger charge is -2.28.